The second-order valence-electron chi connectivity index (χ2n) is 7.06. The molecule has 2 rings (SSSR count). The number of benzene rings is 2. The summed E-state index contributed by atoms with van der Waals surface area (Å²) in [5, 5.41) is 0. The summed E-state index contributed by atoms with van der Waals surface area (Å²) >= 11 is 3.51. The molecule has 2 aromatic rings. The van der Waals surface area contributed by atoms with Crippen LogP contribution >= 0.6 is 15.9 Å². The fourth-order valence-corrected chi connectivity index (χ4v) is 3.12. The summed E-state index contributed by atoms with van der Waals surface area (Å²) in [6.07, 6.45) is 0.181. The van der Waals surface area contributed by atoms with Crippen LogP contribution in [0.4, 0.5) is 0 Å². The molecule has 2 aromatic carbocycles. The third-order valence-corrected chi connectivity index (χ3v) is 3.91. The molecule has 0 aliphatic heterocycles. The van der Waals surface area contributed by atoms with Gasteiger partial charge in [-0.1, -0.05) is 40.2 Å². The second-order valence-corrected chi connectivity index (χ2v) is 7.98. The minimum Gasteiger partial charge on any atom is -0.489 e. The number of hydrogen-bond acceptors (Lipinski definition) is 4. The summed E-state index contributed by atoms with van der Waals surface area (Å²) in [5.74, 6) is 0.421. The second kappa shape index (κ2) is 9.19. The lowest BCUT2D eigenvalue weighted by molar-refractivity contribution is -0.153. The van der Waals surface area contributed by atoms with E-state index in [-0.39, 0.29) is 12.4 Å². The van der Waals surface area contributed by atoms with E-state index in [2.05, 4.69) is 15.9 Å². The molecule has 0 saturated heterocycles. The molecule has 0 aromatic heterocycles. The lowest BCUT2D eigenvalue weighted by Gasteiger charge is -2.20. The van der Waals surface area contributed by atoms with Gasteiger partial charge in [-0.2, -0.15) is 0 Å². The molecule has 0 unspecified atom stereocenters. The molecule has 0 N–H and O–H groups in total. The van der Waals surface area contributed by atoms with Crippen LogP contribution in [0.25, 0.3) is 0 Å². The zero-order valence-electron chi connectivity index (χ0n) is 15.7. The first-order valence-electron chi connectivity index (χ1n) is 8.46. The SMILES string of the molecule is COCc1cc(Br)cc(COc2ccccc2CC(=O)OC(C)(C)C)c1. The molecule has 0 aliphatic rings. The highest BCUT2D eigenvalue weighted by atomic mass is 79.9. The summed E-state index contributed by atoms with van der Waals surface area (Å²) in [4.78, 5) is 12.1. The Hall–Kier alpha value is -1.85. The fourth-order valence-electron chi connectivity index (χ4n) is 2.54. The van der Waals surface area contributed by atoms with Crippen LogP contribution in [0.3, 0.4) is 0 Å². The topological polar surface area (TPSA) is 44.8 Å². The van der Waals surface area contributed by atoms with Crippen LogP contribution < -0.4 is 4.74 Å². The quantitative estimate of drug-likeness (QED) is 0.587. The van der Waals surface area contributed by atoms with Gasteiger partial charge in [-0.25, -0.2) is 0 Å². The molecular weight excluding hydrogens is 396 g/mol. The average molecular weight is 421 g/mol. The van der Waals surface area contributed by atoms with E-state index in [9.17, 15) is 4.79 Å². The van der Waals surface area contributed by atoms with Crippen molar-refractivity contribution in [1.82, 2.24) is 0 Å². The predicted octanol–water partition coefficient (Wildman–Crippen LogP) is 5.06. The van der Waals surface area contributed by atoms with Crippen molar-refractivity contribution in [1.29, 1.82) is 0 Å². The van der Waals surface area contributed by atoms with Crippen LogP contribution in [0.5, 0.6) is 5.75 Å². The summed E-state index contributed by atoms with van der Waals surface area (Å²) < 4.78 is 17.5. The van der Waals surface area contributed by atoms with Gasteiger partial charge in [0.2, 0.25) is 0 Å². The van der Waals surface area contributed by atoms with E-state index in [4.69, 9.17) is 14.2 Å². The highest BCUT2D eigenvalue weighted by Gasteiger charge is 2.18. The number of carbonyl (C=O) groups is 1. The molecule has 5 heteroatoms. The molecule has 140 valence electrons. The van der Waals surface area contributed by atoms with Crippen molar-refractivity contribution in [3.05, 3.63) is 63.6 Å². The molecule has 0 bridgehead atoms. The standard InChI is InChI=1S/C21H25BrO4/c1-21(2,3)26-20(23)12-17-7-5-6-8-19(17)25-14-16-9-15(13-24-4)10-18(22)11-16/h5-11H,12-14H2,1-4H3. The maximum absolute atomic E-state index is 12.1. The van der Waals surface area contributed by atoms with Gasteiger partial charge in [-0.3, -0.25) is 4.79 Å². The Morgan fingerprint density at radius 1 is 1.04 bits per heavy atom. The van der Waals surface area contributed by atoms with Gasteiger partial charge in [0.25, 0.3) is 0 Å². The predicted molar refractivity (Wildman–Crippen MR) is 105 cm³/mol. The smallest absolute Gasteiger partial charge is 0.310 e. The zero-order valence-corrected chi connectivity index (χ0v) is 17.3. The van der Waals surface area contributed by atoms with Crippen LogP contribution in [0.1, 0.15) is 37.5 Å². The Kier molecular flexibility index (Phi) is 7.23. The molecule has 0 heterocycles. The number of carbonyl (C=O) groups excluding carboxylic acids is 1. The van der Waals surface area contributed by atoms with Gasteiger partial charge < -0.3 is 14.2 Å². The largest absolute Gasteiger partial charge is 0.489 e. The molecular formula is C21H25BrO4. The first kappa shape index (κ1) is 20.5. The van der Waals surface area contributed by atoms with Crippen molar-refractivity contribution >= 4 is 21.9 Å². The maximum Gasteiger partial charge on any atom is 0.310 e. The van der Waals surface area contributed by atoms with E-state index < -0.39 is 5.60 Å². The van der Waals surface area contributed by atoms with Gasteiger partial charge in [-0.15, -0.1) is 0 Å². The highest BCUT2D eigenvalue weighted by Crippen LogP contribution is 2.23. The van der Waals surface area contributed by atoms with Crippen LogP contribution in [-0.4, -0.2) is 18.7 Å². The lowest BCUT2D eigenvalue weighted by Crippen LogP contribution is -2.25. The fraction of sp³-hybridized carbons (Fsp3) is 0.381. The Bertz CT molecular complexity index is 750. The van der Waals surface area contributed by atoms with E-state index in [1.54, 1.807) is 7.11 Å². The maximum atomic E-state index is 12.1. The molecule has 4 nitrogen and oxygen atoms in total. The van der Waals surface area contributed by atoms with Crippen LogP contribution in [0, 0.1) is 0 Å². The Labute approximate surface area is 163 Å². The summed E-state index contributed by atoms with van der Waals surface area (Å²) in [6, 6.07) is 13.6. The van der Waals surface area contributed by atoms with Gasteiger partial charge in [0.05, 0.1) is 13.0 Å². The van der Waals surface area contributed by atoms with Crippen molar-refractivity contribution in [2.75, 3.05) is 7.11 Å². The number of esters is 1. The molecule has 0 spiro atoms. The number of ether oxygens (including phenoxy) is 3. The van der Waals surface area contributed by atoms with E-state index in [0.717, 1.165) is 21.2 Å². The lowest BCUT2D eigenvalue weighted by atomic mass is 10.1. The van der Waals surface area contributed by atoms with E-state index >= 15 is 0 Å². The molecule has 0 atom stereocenters. The molecule has 26 heavy (non-hydrogen) atoms. The van der Waals surface area contributed by atoms with Gasteiger partial charge in [0, 0.05) is 17.1 Å². The first-order chi connectivity index (χ1) is 12.3. The molecule has 0 saturated carbocycles. The third-order valence-electron chi connectivity index (χ3n) is 3.45. The summed E-state index contributed by atoms with van der Waals surface area (Å²) in [7, 11) is 1.67. The average Bonchev–Trinajstić information content (AvgIpc) is 2.52. The minimum atomic E-state index is -0.499. The number of para-hydroxylation sites is 1. The van der Waals surface area contributed by atoms with Crippen molar-refractivity contribution in [3.63, 3.8) is 0 Å². The van der Waals surface area contributed by atoms with Gasteiger partial charge in [-0.05, 0) is 50.1 Å². The molecule has 0 amide bonds. The van der Waals surface area contributed by atoms with Gasteiger partial charge >= 0.3 is 5.97 Å². The van der Waals surface area contributed by atoms with Crippen molar-refractivity contribution in [3.8, 4) is 5.75 Å². The van der Waals surface area contributed by atoms with E-state index in [1.807, 2.05) is 63.2 Å². The van der Waals surface area contributed by atoms with Crippen LogP contribution in [-0.2, 0) is 33.9 Å². The number of hydrogen-bond donors (Lipinski definition) is 0. The first-order valence-corrected chi connectivity index (χ1v) is 9.26. The van der Waals surface area contributed by atoms with Gasteiger partial charge in [0.15, 0.2) is 0 Å². The normalized spacial score (nSPS) is 11.3. The van der Waals surface area contributed by atoms with Crippen molar-refractivity contribution < 1.29 is 19.0 Å². The molecule has 0 fully saturated rings. The van der Waals surface area contributed by atoms with Crippen molar-refractivity contribution in [2.24, 2.45) is 0 Å². The minimum absolute atomic E-state index is 0.181. The highest BCUT2D eigenvalue weighted by molar-refractivity contribution is 9.10. The Balaban J connectivity index is 2.07. The summed E-state index contributed by atoms with van der Waals surface area (Å²) in [5.41, 5.74) is 2.41. The van der Waals surface area contributed by atoms with Crippen molar-refractivity contribution in [2.45, 2.75) is 46.0 Å². The van der Waals surface area contributed by atoms with Gasteiger partial charge in [0.1, 0.15) is 18.0 Å². The number of methoxy groups -OCH3 is 1. The van der Waals surface area contributed by atoms with Crippen LogP contribution in [0.15, 0.2) is 46.9 Å². The van der Waals surface area contributed by atoms with E-state index in [1.165, 1.54) is 0 Å². The Morgan fingerprint density at radius 2 is 1.69 bits per heavy atom. The zero-order chi connectivity index (χ0) is 19.2. The number of rotatable bonds is 7. The molecule has 0 radical (unpaired) electrons. The monoisotopic (exact) mass is 420 g/mol. The third kappa shape index (κ3) is 6.81. The van der Waals surface area contributed by atoms with E-state index in [0.29, 0.717) is 19.0 Å². The molecule has 0 aliphatic carbocycles. The summed E-state index contributed by atoms with van der Waals surface area (Å²) in [6.45, 7) is 6.53. The Morgan fingerprint density at radius 3 is 2.35 bits per heavy atom. The number of halogens is 1. The van der Waals surface area contributed by atoms with Crippen LogP contribution in [0.2, 0.25) is 0 Å².